The van der Waals surface area contributed by atoms with Crippen molar-refractivity contribution in [2.24, 2.45) is 5.92 Å². The highest BCUT2D eigenvalue weighted by Crippen LogP contribution is 2.24. The van der Waals surface area contributed by atoms with Crippen molar-refractivity contribution in [3.8, 4) is 11.8 Å². The number of hydrogen-bond acceptors (Lipinski definition) is 3. The highest BCUT2D eigenvalue weighted by Gasteiger charge is 2.17. The standard InChI is InChI=1S/C16H22N2O/c1-12-3-6-15(7-4-12)18-11-13-5-8-16(19-2)14(9-13)10-17/h5,8-9,12,15,18H,3-4,6-7,11H2,1-2H3. The Balaban J connectivity index is 1.91. The van der Waals surface area contributed by atoms with Crippen molar-refractivity contribution in [1.82, 2.24) is 5.32 Å². The van der Waals surface area contributed by atoms with Gasteiger partial charge in [0.2, 0.25) is 0 Å². The molecule has 1 aromatic carbocycles. The molecule has 1 aliphatic carbocycles. The van der Waals surface area contributed by atoms with Gasteiger partial charge < -0.3 is 10.1 Å². The number of rotatable bonds is 4. The second-order valence-corrected chi connectivity index (χ2v) is 5.48. The van der Waals surface area contributed by atoms with Gasteiger partial charge in [0.15, 0.2) is 0 Å². The first-order chi connectivity index (χ1) is 9.22. The Morgan fingerprint density at radius 3 is 2.68 bits per heavy atom. The molecule has 0 atom stereocenters. The largest absolute Gasteiger partial charge is 0.495 e. The average Bonchev–Trinajstić information content (AvgIpc) is 2.46. The lowest BCUT2D eigenvalue weighted by Gasteiger charge is -2.27. The highest BCUT2D eigenvalue weighted by molar-refractivity contribution is 5.45. The van der Waals surface area contributed by atoms with E-state index in [0.29, 0.717) is 17.4 Å². The van der Waals surface area contributed by atoms with E-state index in [1.165, 1.54) is 25.7 Å². The summed E-state index contributed by atoms with van der Waals surface area (Å²) >= 11 is 0. The van der Waals surface area contributed by atoms with Crippen LogP contribution in [0.15, 0.2) is 18.2 Å². The van der Waals surface area contributed by atoms with Gasteiger partial charge in [0.1, 0.15) is 11.8 Å². The molecule has 102 valence electrons. The van der Waals surface area contributed by atoms with E-state index in [1.807, 2.05) is 18.2 Å². The first kappa shape index (κ1) is 13.9. The summed E-state index contributed by atoms with van der Waals surface area (Å²) in [4.78, 5) is 0. The van der Waals surface area contributed by atoms with Crippen molar-refractivity contribution >= 4 is 0 Å². The number of benzene rings is 1. The van der Waals surface area contributed by atoms with Crippen molar-refractivity contribution in [2.75, 3.05) is 7.11 Å². The van der Waals surface area contributed by atoms with Crippen molar-refractivity contribution < 1.29 is 4.74 Å². The summed E-state index contributed by atoms with van der Waals surface area (Å²) in [6, 6.07) is 8.62. The summed E-state index contributed by atoms with van der Waals surface area (Å²) in [5.74, 6) is 1.53. The quantitative estimate of drug-likeness (QED) is 0.901. The lowest BCUT2D eigenvalue weighted by molar-refractivity contribution is 0.306. The molecule has 1 aliphatic rings. The number of methoxy groups -OCH3 is 1. The minimum Gasteiger partial charge on any atom is -0.495 e. The SMILES string of the molecule is COc1ccc(CNC2CCC(C)CC2)cc1C#N. The predicted octanol–water partition coefficient (Wildman–Crippen LogP) is 3.24. The molecule has 0 saturated heterocycles. The van der Waals surface area contributed by atoms with Crippen LogP contribution in [-0.2, 0) is 6.54 Å². The van der Waals surface area contributed by atoms with Crippen LogP contribution < -0.4 is 10.1 Å². The number of nitrogens with one attached hydrogen (secondary N) is 1. The predicted molar refractivity (Wildman–Crippen MR) is 76.0 cm³/mol. The minimum atomic E-state index is 0.610. The van der Waals surface area contributed by atoms with Gasteiger partial charge in [-0.3, -0.25) is 0 Å². The van der Waals surface area contributed by atoms with Gasteiger partial charge >= 0.3 is 0 Å². The van der Waals surface area contributed by atoms with Gasteiger partial charge in [-0.2, -0.15) is 5.26 Å². The van der Waals surface area contributed by atoms with Gasteiger partial charge in [-0.05, 0) is 49.3 Å². The molecule has 19 heavy (non-hydrogen) atoms. The molecule has 0 heterocycles. The molecule has 2 rings (SSSR count). The van der Waals surface area contributed by atoms with Crippen LogP contribution in [0, 0.1) is 17.2 Å². The molecule has 3 nitrogen and oxygen atoms in total. The van der Waals surface area contributed by atoms with Gasteiger partial charge in [-0.15, -0.1) is 0 Å². The molecule has 0 radical (unpaired) electrons. The van der Waals surface area contributed by atoms with E-state index in [2.05, 4.69) is 18.3 Å². The zero-order chi connectivity index (χ0) is 13.7. The van der Waals surface area contributed by atoms with Gasteiger partial charge in [0.05, 0.1) is 12.7 Å². The molecular formula is C16H22N2O. The number of nitriles is 1. The molecule has 0 unspecified atom stereocenters. The van der Waals surface area contributed by atoms with E-state index in [4.69, 9.17) is 10.00 Å². The van der Waals surface area contributed by atoms with Crippen LogP contribution in [0.5, 0.6) is 5.75 Å². The van der Waals surface area contributed by atoms with E-state index in [9.17, 15) is 0 Å². The molecule has 1 saturated carbocycles. The minimum absolute atomic E-state index is 0.610. The van der Waals surface area contributed by atoms with Crippen LogP contribution in [0.1, 0.15) is 43.7 Å². The Kier molecular flexibility index (Phi) is 4.81. The van der Waals surface area contributed by atoms with Gasteiger partial charge in [-0.25, -0.2) is 0 Å². The number of ether oxygens (including phenoxy) is 1. The van der Waals surface area contributed by atoms with E-state index in [-0.39, 0.29) is 0 Å². The smallest absolute Gasteiger partial charge is 0.136 e. The average molecular weight is 258 g/mol. The second-order valence-electron chi connectivity index (χ2n) is 5.48. The zero-order valence-electron chi connectivity index (χ0n) is 11.8. The fourth-order valence-corrected chi connectivity index (χ4v) is 2.68. The van der Waals surface area contributed by atoms with Crippen LogP contribution >= 0.6 is 0 Å². The van der Waals surface area contributed by atoms with Gasteiger partial charge in [0, 0.05) is 12.6 Å². The molecule has 1 fully saturated rings. The zero-order valence-corrected chi connectivity index (χ0v) is 11.8. The first-order valence-electron chi connectivity index (χ1n) is 7.03. The molecule has 0 bridgehead atoms. The molecular weight excluding hydrogens is 236 g/mol. The molecule has 1 N–H and O–H groups in total. The molecule has 3 heteroatoms. The summed E-state index contributed by atoms with van der Waals surface area (Å²) in [6.07, 6.45) is 5.18. The van der Waals surface area contributed by atoms with Crippen molar-refractivity contribution in [3.05, 3.63) is 29.3 Å². The third-order valence-corrected chi connectivity index (χ3v) is 4.00. The van der Waals surface area contributed by atoms with Crippen LogP contribution in [0.4, 0.5) is 0 Å². The Bertz CT molecular complexity index is 456. The van der Waals surface area contributed by atoms with Crippen LogP contribution in [0.2, 0.25) is 0 Å². The maximum Gasteiger partial charge on any atom is 0.136 e. The first-order valence-corrected chi connectivity index (χ1v) is 7.03. The Morgan fingerprint density at radius 1 is 1.32 bits per heavy atom. The number of nitrogens with zero attached hydrogens (tertiary/aromatic N) is 1. The maximum atomic E-state index is 9.07. The summed E-state index contributed by atoms with van der Waals surface area (Å²) < 4.78 is 5.15. The van der Waals surface area contributed by atoms with Crippen LogP contribution in [-0.4, -0.2) is 13.2 Å². The summed E-state index contributed by atoms with van der Waals surface area (Å²) in [5.41, 5.74) is 1.76. The third kappa shape index (κ3) is 3.71. The van der Waals surface area contributed by atoms with Gasteiger partial charge in [0.25, 0.3) is 0 Å². The fraction of sp³-hybridized carbons (Fsp3) is 0.562. The highest BCUT2D eigenvalue weighted by atomic mass is 16.5. The Labute approximate surface area is 115 Å². The lowest BCUT2D eigenvalue weighted by Crippen LogP contribution is -2.32. The third-order valence-electron chi connectivity index (χ3n) is 4.00. The van der Waals surface area contributed by atoms with E-state index < -0.39 is 0 Å². The van der Waals surface area contributed by atoms with Crippen molar-refractivity contribution in [1.29, 1.82) is 5.26 Å². The summed E-state index contributed by atoms with van der Waals surface area (Å²) in [5, 5.41) is 12.7. The van der Waals surface area contributed by atoms with E-state index >= 15 is 0 Å². The fourth-order valence-electron chi connectivity index (χ4n) is 2.68. The maximum absolute atomic E-state index is 9.07. The summed E-state index contributed by atoms with van der Waals surface area (Å²) in [6.45, 7) is 3.16. The lowest BCUT2D eigenvalue weighted by atomic mass is 9.87. The normalized spacial score (nSPS) is 22.8. The Morgan fingerprint density at radius 2 is 2.05 bits per heavy atom. The molecule has 0 aliphatic heterocycles. The van der Waals surface area contributed by atoms with Crippen LogP contribution in [0.25, 0.3) is 0 Å². The topological polar surface area (TPSA) is 45.0 Å². The molecule has 1 aromatic rings. The molecule has 0 aromatic heterocycles. The Hall–Kier alpha value is -1.53. The van der Waals surface area contributed by atoms with Crippen molar-refractivity contribution in [2.45, 2.75) is 45.2 Å². The van der Waals surface area contributed by atoms with Gasteiger partial charge in [-0.1, -0.05) is 13.0 Å². The van der Waals surface area contributed by atoms with E-state index in [1.54, 1.807) is 7.11 Å². The molecule has 0 amide bonds. The molecule has 0 spiro atoms. The second kappa shape index (κ2) is 6.58. The van der Waals surface area contributed by atoms with E-state index in [0.717, 1.165) is 18.0 Å². The van der Waals surface area contributed by atoms with Crippen molar-refractivity contribution in [3.63, 3.8) is 0 Å². The monoisotopic (exact) mass is 258 g/mol. The van der Waals surface area contributed by atoms with Crippen LogP contribution in [0.3, 0.4) is 0 Å². The number of hydrogen-bond donors (Lipinski definition) is 1. The summed E-state index contributed by atoms with van der Waals surface area (Å²) in [7, 11) is 1.59.